The Balaban J connectivity index is 3.43. The summed E-state index contributed by atoms with van der Waals surface area (Å²) in [7, 11) is 0. The molecule has 3 N–H and O–H groups in total. The quantitative estimate of drug-likeness (QED) is 0.121. The molecule has 0 atom stereocenters. The Morgan fingerprint density at radius 1 is 1.28 bits per heavy atom. The Kier molecular flexibility index (Phi) is 11.8. The zero-order valence-corrected chi connectivity index (χ0v) is 18.0. The number of hydrogen-bond acceptors (Lipinski definition) is 7. The average Bonchev–Trinajstić information content (AvgIpc) is 2.71. The summed E-state index contributed by atoms with van der Waals surface area (Å²) in [5, 5.41) is 9.67. The van der Waals surface area contributed by atoms with Gasteiger partial charge in [0.15, 0.2) is 11.6 Å². The van der Waals surface area contributed by atoms with Crippen molar-refractivity contribution in [1.82, 2.24) is 15.3 Å². The second kappa shape index (κ2) is 14.2. The maximum atomic E-state index is 11.8. The fourth-order valence-corrected chi connectivity index (χ4v) is 2.45. The summed E-state index contributed by atoms with van der Waals surface area (Å²) < 4.78 is 0. The number of carbonyl (C=O) groups is 1. The zero-order valence-electron chi connectivity index (χ0n) is 17.3. The molecule has 0 aromatic carbocycles. The van der Waals surface area contributed by atoms with E-state index in [0.29, 0.717) is 36.0 Å². The third-order valence-electron chi connectivity index (χ3n) is 3.51. The van der Waals surface area contributed by atoms with Crippen molar-refractivity contribution in [3.8, 4) is 11.8 Å². The van der Waals surface area contributed by atoms with Crippen LogP contribution in [0.15, 0.2) is 29.0 Å². The molecule has 1 rings (SSSR count). The van der Waals surface area contributed by atoms with Crippen LogP contribution in [-0.4, -0.2) is 48.8 Å². The Labute approximate surface area is 177 Å². The minimum atomic E-state index is 0.0495. The lowest BCUT2D eigenvalue weighted by Gasteiger charge is -2.22. The molecule has 1 aromatic rings. The third-order valence-corrected chi connectivity index (χ3v) is 3.68. The van der Waals surface area contributed by atoms with E-state index < -0.39 is 0 Å². The number of allylic oxidation sites excluding steroid dienone is 2. The number of amides is 1. The van der Waals surface area contributed by atoms with Crippen LogP contribution < -0.4 is 20.9 Å². The van der Waals surface area contributed by atoms with Crippen LogP contribution in [0.25, 0.3) is 0 Å². The Hall–Kier alpha value is -2.89. The van der Waals surface area contributed by atoms with Crippen LogP contribution >= 0.6 is 11.6 Å². The molecule has 8 nitrogen and oxygen atoms in total. The van der Waals surface area contributed by atoms with Crippen LogP contribution in [0.4, 0.5) is 17.3 Å². The molecule has 0 bridgehead atoms. The van der Waals surface area contributed by atoms with E-state index in [4.69, 9.17) is 11.6 Å². The molecule has 0 saturated carbocycles. The summed E-state index contributed by atoms with van der Waals surface area (Å²) in [6.07, 6.45) is 7.71. The van der Waals surface area contributed by atoms with Gasteiger partial charge in [-0.2, -0.15) is 9.97 Å². The van der Waals surface area contributed by atoms with Gasteiger partial charge in [-0.1, -0.05) is 18.9 Å². The molecule has 0 saturated heterocycles. The van der Waals surface area contributed by atoms with Gasteiger partial charge in [0.2, 0.25) is 11.7 Å². The number of nitrogens with zero attached hydrogens (tertiary/aromatic N) is 4. The Bertz CT molecular complexity index is 809. The van der Waals surface area contributed by atoms with Gasteiger partial charge in [0, 0.05) is 25.5 Å². The largest absolute Gasteiger partial charge is 0.367 e. The molecule has 0 aliphatic carbocycles. The minimum Gasteiger partial charge on any atom is -0.367 e. The van der Waals surface area contributed by atoms with E-state index >= 15 is 0 Å². The summed E-state index contributed by atoms with van der Waals surface area (Å²) in [5.74, 6) is 6.49. The van der Waals surface area contributed by atoms with Crippen LogP contribution in [0.5, 0.6) is 0 Å². The molecule has 1 aromatic heterocycles. The number of anilines is 3. The van der Waals surface area contributed by atoms with Gasteiger partial charge in [-0.25, -0.2) is 0 Å². The van der Waals surface area contributed by atoms with Gasteiger partial charge >= 0.3 is 0 Å². The maximum Gasteiger partial charge on any atom is 0.226 e. The second-order valence-electron chi connectivity index (χ2n) is 5.60. The van der Waals surface area contributed by atoms with Crippen molar-refractivity contribution in [2.24, 2.45) is 4.99 Å². The first kappa shape index (κ1) is 24.1. The normalized spacial score (nSPS) is 11.4. The van der Waals surface area contributed by atoms with E-state index in [-0.39, 0.29) is 11.8 Å². The molecule has 0 radical (unpaired) electrons. The maximum absolute atomic E-state index is 11.8. The van der Waals surface area contributed by atoms with Crippen LogP contribution in [0.1, 0.15) is 27.7 Å². The number of halogens is 1. The highest BCUT2D eigenvalue weighted by atomic mass is 35.5. The van der Waals surface area contributed by atoms with Gasteiger partial charge in [-0.15, -0.1) is 5.92 Å². The lowest BCUT2D eigenvalue weighted by molar-refractivity contribution is -0.107. The molecule has 0 aliphatic heterocycles. The van der Waals surface area contributed by atoms with Crippen LogP contribution in [0.3, 0.4) is 0 Å². The minimum absolute atomic E-state index is 0.0495. The van der Waals surface area contributed by atoms with Gasteiger partial charge in [0.1, 0.15) is 5.69 Å². The Morgan fingerprint density at radius 3 is 2.66 bits per heavy atom. The molecule has 0 spiro atoms. The SMILES string of the molecule is CC#CCN(C=O)c1c(NCCNCC)nc(Cl)nc1NC(/C=C\C)=C/N=CC. The molecule has 9 heteroatoms. The lowest BCUT2D eigenvalue weighted by atomic mass is 10.3. The molecule has 0 fully saturated rings. The summed E-state index contributed by atoms with van der Waals surface area (Å²) in [5.41, 5.74) is 1.13. The molecule has 1 amide bonds. The number of carbonyl (C=O) groups excluding carboxylic acids is 1. The molecule has 0 unspecified atom stereocenters. The van der Waals surface area contributed by atoms with Crippen molar-refractivity contribution in [2.45, 2.75) is 27.7 Å². The van der Waals surface area contributed by atoms with E-state index in [2.05, 4.69) is 42.8 Å². The van der Waals surface area contributed by atoms with Crippen molar-refractivity contribution < 1.29 is 4.79 Å². The van der Waals surface area contributed by atoms with E-state index in [1.807, 2.05) is 32.9 Å². The molecular formula is C20H28ClN7O. The fourth-order valence-electron chi connectivity index (χ4n) is 2.28. The number of rotatable bonds is 12. The van der Waals surface area contributed by atoms with Crippen molar-refractivity contribution >= 4 is 41.5 Å². The average molecular weight is 418 g/mol. The molecule has 0 aliphatic rings. The summed E-state index contributed by atoms with van der Waals surface area (Å²) in [6, 6.07) is 0. The monoisotopic (exact) mass is 417 g/mol. The van der Waals surface area contributed by atoms with Gasteiger partial charge in [-0.3, -0.25) is 14.7 Å². The lowest BCUT2D eigenvalue weighted by Crippen LogP contribution is -2.27. The Morgan fingerprint density at radius 2 is 2.03 bits per heavy atom. The number of nitrogens with one attached hydrogen (secondary N) is 3. The van der Waals surface area contributed by atoms with Crippen molar-refractivity contribution in [1.29, 1.82) is 0 Å². The number of likely N-dealkylation sites (N-methyl/N-ethyl adjacent to an activating group) is 1. The van der Waals surface area contributed by atoms with Gasteiger partial charge in [-0.05, 0) is 45.0 Å². The van der Waals surface area contributed by atoms with E-state index in [9.17, 15) is 4.79 Å². The van der Waals surface area contributed by atoms with E-state index in [0.717, 1.165) is 13.1 Å². The highest BCUT2D eigenvalue weighted by Gasteiger charge is 2.20. The number of hydrogen-bond donors (Lipinski definition) is 3. The zero-order chi connectivity index (χ0) is 21.5. The van der Waals surface area contributed by atoms with Gasteiger partial charge < -0.3 is 16.0 Å². The first-order chi connectivity index (χ1) is 14.1. The fraction of sp³-hybridized carbons (Fsp3) is 0.400. The van der Waals surface area contributed by atoms with Gasteiger partial charge in [0.05, 0.1) is 12.2 Å². The van der Waals surface area contributed by atoms with E-state index in [1.54, 1.807) is 19.3 Å². The smallest absolute Gasteiger partial charge is 0.226 e. The van der Waals surface area contributed by atoms with Crippen molar-refractivity contribution in [2.75, 3.05) is 41.7 Å². The number of aliphatic imine (C=N–C) groups is 1. The van der Waals surface area contributed by atoms with Crippen LogP contribution in [0.2, 0.25) is 5.28 Å². The van der Waals surface area contributed by atoms with Gasteiger partial charge in [0.25, 0.3) is 0 Å². The summed E-state index contributed by atoms with van der Waals surface area (Å²) >= 11 is 6.16. The topological polar surface area (TPSA) is 94.5 Å². The molecular weight excluding hydrogens is 390 g/mol. The molecule has 29 heavy (non-hydrogen) atoms. The highest BCUT2D eigenvalue weighted by molar-refractivity contribution is 6.28. The number of aromatic nitrogens is 2. The summed E-state index contributed by atoms with van der Waals surface area (Å²) in [4.78, 5) is 26.0. The first-order valence-corrected chi connectivity index (χ1v) is 9.70. The van der Waals surface area contributed by atoms with Crippen molar-refractivity contribution in [3.05, 3.63) is 29.3 Å². The molecule has 156 valence electrons. The van der Waals surface area contributed by atoms with Crippen LogP contribution in [-0.2, 0) is 4.79 Å². The van der Waals surface area contributed by atoms with Crippen LogP contribution in [0, 0.1) is 11.8 Å². The third kappa shape index (κ3) is 8.34. The summed E-state index contributed by atoms with van der Waals surface area (Å²) in [6.45, 7) is 9.82. The highest BCUT2D eigenvalue weighted by Crippen LogP contribution is 2.33. The van der Waals surface area contributed by atoms with E-state index in [1.165, 1.54) is 4.90 Å². The predicted octanol–water partition coefficient (Wildman–Crippen LogP) is 3.06. The standard InChI is InChI=1S/C20H28ClN7O/c1-5-9-13-28(15-29)17-18(24-12-11-22-7-3)26-20(21)27-19(17)25-16(10-6-2)14-23-8-4/h6,8,10,14-15,22H,7,11-13H2,1-4H3,(H2,24,25,26,27)/b10-6-,16-14+,23-8?. The van der Waals surface area contributed by atoms with Crippen molar-refractivity contribution in [3.63, 3.8) is 0 Å². The predicted molar refractivity (Wildman–Crippen MR) is 122 cm³/mol. The molecule has 1 heterocycles. The first-order valence-electron chi connectivity index (χ1n) is 9.32. The second-order valence-corrected chi connectivity index (χ2v) is 5.93.